The lowest BCUT2D eigenvalue weighted by molar-refractivity contribution is -0.393. The number of amides is 7. The lowest BCUT2D eigenvalue weighted by Crippen LogP contribution is -2.60. The van der Waals surface area contributed by atoms with Crippen LogP contribution in [0, 0.1) is 20.2 Å². The molecule has 3 aromatic carbocycles. The second-order valence-corrected chi connectivity index (χ2v) is 16.1. The van der Waals surface area contributed by atoms with Crippen LogP contribution in [0.1, 0.15) is 54.4 Å². The molecule has 5 unspecified atom stereocenters. The summed E-state index contributed by atoms with van der Waals surface area (Å²) in [6.07, 6.45) is -0.878. The highest BCUT2D eigenvalue weighted by molar-refractivity contribution is 6.02. The zero-order valence-electron chi connectivity index (χ0n) is 39.5. The summed E-state index contributed by atoms with van der Waals surface area (Å²) in [6.45, 7) is -1.40. The highest BCUT2D eigenvalue weighted by Gasteiger charge is 2.33. The fourth-order valence-electron chi connectivity index (χ4n) is 6.82. The van der Waals surface area contributed by atoms with Crippen LogP contribution in [0.25, 0.3) is 0 Å². The van der Waals surface area contributed by atoms with E-state index in [-0.39, 0.29) is 93.6 Å². The van der Waals surface area contributed by atoms with E-state index in [1.54, 1.807) is 42.5 Å². The molecule has 3 rings (SSSR count). The van der Waals surface area contributed by atoms with E-state index >= 15 is 0 Å². The molecule has 3 aromatic rings. The number of nitro groups is 2. The van der Waals surface area contributed by atoms with E-state index in [0.29, 0.717) is 5.56 Å². The van der Waals surface area contributed by atoms with Crippen molar-refractivity contribution in [2.75, 3.05) is 43.8 Å². The van der Waals surface area contributed by atoms with Gasteiger partial charge in [-0.2, -0.15) is 0 Å². The summed E-state index contributed by atoms with van der Waals surface area (Å²) < 4.78 is 0. The Morgan fingerprint density at radius 1 is 0.603 bits per heavy atom. The third-order valence-electron chi connectivity index (χ3n) is 10.5. The van der Waals surface area contributed by atoms with E-state index in [2.05, 4.69) is 47.2 Å². The van der Waals surface area contributed by atoms with E-state index < -0.39 is 106 Å². The van der Waals surface area contributed by atoms with Gasteiger partial charge in [0, 0.05) is 50.8 Å². The van der Waals surface area contributed by atoms with Crippen LogP contribution in [0.3, 0.4) is 0 Å². The molecular formula is C44H61N17O12. The Kier molecular flexibility index (Phi) is 23.7. The summed E-state index contributed by atoms with van der Waals surface area (Å²) in [6, 6.07) is 10.4. The van der Waals surface area contributed by atoms with E-state index in [9.17, 15) is 58.9 Å². The highest BCUT2D eigenvalue weighted by atomic mass is 16.6. The van der Waals surface area contributed by atoms with E-state index in [4.69, 9.17) is 34.4 Å². The maximum atomic E-state index is 14.0. The van der Waals surface area contributed by atoms with Gasteiger partial charge in [-0.05, 0) is 55.9 Å². The van der Waals surface area contributed by atoms with Crippen LogP contribution in [0.5, 0.6) is 0 Å². The van der Waals surface area contributed by atoms with Gasteiger partial charge < -0.3 is 76.7 Å². The Morgan fingerprint density at radius 3 is 1.64 bits per heavy atom. The Labute approximate surface area is 417 Å². The number of para-hydroxylation sites is 1. The summed E-state index contributed by atoms with van der Waals surface area (Å²) in [4.78, 5) is 123. The van der Waals surface area contributed by atoms with Gasteiger partial charge in [0.1, 0.15) is 35.9 Å². The van der Waals surface area contributed by atoms with Crippen molar-refractivity contribution in [1.82, 2.24) is 31.9 Å². The largest absolute Gasteiger partial charge is 0.398 e. The van der Waals surface area contributed by atoms with Crippen molar-refractivity contribution in [3.05, 3.63) is 104 Å². The summed E-state index contributed by atoms with van der Waals surface area (Å²) >= 11 is 0. The number of non-ortho nitro benzene ring substituents is 1. The fraction of sp³-hybridized carbons (Fsp3) is 0.386. The second kappa shape index (κ2) is 29.8. The monoisotopic (exact) mass is 1020 g/mol. The number of aliphatic hydroxyl groups excluding tert-OH is 1. The molecule has 5 atom stereocenters. The number of hydrogen-bond donors (Lipinski definition) is 14. The SMILES string of the molecule is NC(=O)CCC(NC(=O)C(CCCN=C(N)N)NC(=O)C(CO)NC(=O)C(CCCN=C(N)N)NC(=O)C(Cc1ccccc1)NC(=O)c1ccccc1N)C(=O)NCCNc1ccc([N+](=O)[O-])cc1[N+](=O)[O-]. The van der Waals surface area contributed by atoms with E-state index in [1.165, 1.54) is 12.1 Å². The number of rotatable bonds is 31. The summed E-state index contributed by atoms with van der Waals surface area (Å²) in [7, 11) is 0. The molecule has 0 spiro atoms. The van der Waals surface area contributed by atoms with Crippen molar-refractivity contribution in [2.24, 2.45) is 38.7 Å². The van der Waals surface area contributed by atoms with Gasteiger partial charge in [0.15, 0.2) is 11.9 Å². The van der Waals surface area contributed by atoms with Crippen molar-refractivity contribution in [2.45, 2.75) is 75.2 Å². The minimum atomic E-state index is -1.76. The van der Waals surface area contributed by atoms with Crippen LogP contribution >= 0.6 is 0 Å². The molecule has 0 aliphatic rings. The molecule has 29 nitrogen and oxygen atoms in total. The minimum Gasteiger partial charge on any atom is -0.398 e. The van der Waals surface area contributed by atoms with Gasteiger partial charge in [0.05, 0.1) is 28.1 Å². The lowest BCUT2D eigenvalue weighted by atomic mass is 10.0. The molecule has 20 N–H and O–H groups in total. The number of aliphatic hydroxyl groups is 1. The third kappa shape index (κ3) is 20.4. The number of primary amides is 1. The zero-order valence-corrected chi connectivity index (χ0v) is 39.5. The molecule has 7 amide bonds. The first-order valence-electron chi connectivity index (χ1n) is 22.6. The molecular weight excluding hydrogens is 959 g/mol. The van der Waals surface area contributed by atoms with Crippen molar-refractivity contribution in [3.8, 4) is 0 Å². The number of carbonyl (C=O) groups is 7. The fourth-order valence-corrected chi connectivity index (χ4v) is 6.82. The number of nitrogens with one attached hydrogen (secondary N) is 7. The number of benzene rings is 3. The molecule has 73 heavy (non-hydrogen) atoms. The number of hydrogen-bond acceptors (Lipinski definition) is 16. The molecule has 0 saturated carbocycles. The molecule has 0 aromatic heterocycles. The molecule has 0 heterocycles. The first kappa shape index (κ1) is 58.2. The molecule has 0 saturated heterocycles. The number of nitrogen functional groups attached to an aromatic ring is 1. The van der Waals surface area contributed by atoms with Gasteiger partial charge >= 0.3 is 0 Å². The lowest BCUT2D eigenvalue weighted by Gasteiger charge is -2.27. The maximum absolute atomic E-state index is 14.0. The maximum Gasteiger partial charge on any atom is 0.299 e. The minimum absolute atomic E-state index is 0.0162. The first-order chi connectivity index (χ1) is 34.7. The summed E-state index contributed by atoms with van der Waals surface area (Å²) in [5.41, 5.74) is 32.8. The highest BCUT2D eigenvalue weighted by Crippen LogP contribution is 2.28. The van der Waals surface area contributed by atoms with Crippen LogP contribution in [-0.2, 0) is 35.2 Å². The van der Waals surface area contributed by atoms with Gasteiger partial charge in [0.2, 0.25) is 35.4 Å². The smallest absolute Gasteiger partial charge is 0.299 e. The number of nitro benzene ring substituents is 2. The number of carbonyl (C=O) groups excluding carboxylic acids is 7. The van der Waals surface area contributed by atoms with Gasteiger partial charge in [-0.1, -0.05) is 42.5 Å². The molecule has 0 radical (unpaired) electrons. The summed E-state index contributed by atoms with van der Waals surface area (Å²) in [5.74, 6) is -6.72. The molecule has 0 aliphatic carbocycles. The van der Waals surface area contributed by atoms with Gasteiger partial charge in [-0.15, -0.1) is 0 Å². The van der Waals surface area contributed by atoms with Crippen LogP contribution < -0.4 is 71.6 Å². The van der Waals surface area contributed by atoms with Crippen molar-refractivity contribution < 1.29 is 48.5 Å². The van der Waals surface area contributed by atoms with Gasteiger partial charge in [-0.3, -0.25) is 63.8 Å². The number of nitrogens with two attached hydrogens (primary N) is 6. The normalized spacial score (nSPS) is 12.7. The average molecular weight is 1020 g/mol. The van der Waals surface area contributed by atoms with Gasteiger partial charge in [-0.25, -0.2) is 0 Å². The van der Waals surface area contributed by atoms with E-state index in [1.807, 2.05) is 0 Å². The van der Waals surface area contributed by atoms with Crippen LogP contribution in [0.2, 0.25) is 0 Å². The molecule has 0 bridgehead atoms. The quantitative estimate of drug-likeness (QED) is 0.00761. The van der Waals surface area contributed by atoms with Crippen LogP contribution in [-0.4, -0.2) is 131 Å². The van der Waals surface area contributed by atoms with E-state index in [0.717, 1.165) is 18.2 Å². The third-order valence-corrected chi connectivity index (χ3v) is 10.5. The number of aliphatic imine (C=N–C) groups is 2. The molecule has 394 valence electrons. The van der Waals surface area contributed by atoms with Crippen molar-refractivity contribution in [1.29, 1.82) is 0 Å². The number of anilines is 2. The molecule has 0 fully saturated rings. The first-order valence-corrected chi connectivity index (χ1v) is 22.6. The predicted octanol–water partition coefficient (Wildman–Crippen LogP) is -3.04. The number of nitrogens with zero attached hydrogens (tertiary/aromatic N) is 4. The van der Waals surface area contributed by atoms with Gasteiger partial charge in [0.25, 0.3) is 17.3 Å². The average Bonchev–Trinajstić information content (AvgIpc) is 3.34. The summed E-state index contributed by atoms with van der Waals surface area (Å²) in [5, 5.41) is 50.8. The zero-order chi connectivity index (χ0) is 54.0. The van der Waals surface area contributed by atoms with Crippen LogP contribution in [0.15, 0.2) is 82.8 Å². The van der Waals surface area contributed by atoms with Crippen molar-refractivity contribution in [3.63, 3.8) is 0 Å². The number of guanidine groups is 2. The Balaban J connectivity index is 1.83. The van der Waals surface area contributed by atoms with Crippen LogP contribution in [0.4, 0.5) is 22.7 Å². The van der Waals surface area contributed by atoms with Crippen molar-refractivity contribution >= 4 is 76.0 Å². The Morgan fingerprint density at radius 2 is 1.12 bits per heavy atom. The second-order valence-electron chi connectivity index (χ2n) is 16.1. The Bertz CT molecular complexity index is 2490. The molecule has 29 heteroatoms. The Hall–Kier alpha value is -9.15. The molecule has 0 aliphatic heterocycles. The topological polar surface area (TPSA) is 491 Å². The standard InChI is InChI=1S/C44H61N17O12/c45-28-11-5-4-10-27(28)37(64)58-33(22-25-8-2-1-3-9-25)41(68)55-31(13-7-19-54-44(49)50)40(67)59-34(24-62)42(69)56-30(12-6-18-53-43(47)48)39(66)57-32(16-17-36(46)63)38(65)52-21-20-51-29-15-14-26(60(70)71)23-35(29)61(72)73/h1-5,8-11,14-15,23,30-34,51,62H,6-7,12-13,16-22,24,45H2,(H2,46,63)(H,52,65)(H,55,68)(H,56,69)(H,57,66)(H,58,64)(H,59,67)(H4,47,48,53)(H4,49,50,54). The predicted molar refractivity (Wildman–Crippen MR) is 267 cm³/mol.